The van der Waals surface area contributed by atoms with Crippen LogP contribution in [0.1, 0.15) is 27.7 Å². The number of ether oxygens (including phenoxy) is 1. The highest BCUT2D eigenvalue weighted by molar-refractivity contribution is 5.94. The van der Waals surface area contributed by atoms with Crippen molar-refractivity contribution in [3.8, 4) is 11.5 Å². The first-order valence-corrected chi connectivity index (χ1v) is 8.77. The molecule has 4 rings (SSSR count). The zero-order valence-electron chi connectivity index (χ0n) is 14.9. The lowest BCUT2D eigenvalue weighted by atomic mass is 9.94. The van der Waals surface area contributed by atoms with Gasteiger partial charge >= 0.3 is 0 Å². The minimum Gasteiger partial charge on any atom is -0.383 e. The van der Waals surface area contributed by atoms with Crippen LogP contribution < -0.4 is 5.32 Å². The van der Waals surface area contributed by atoms with Gasteiger partial charge in [-0.2, -0.15) is 0 Å². The molecule has 0 radical (unpaired) electrons. The van der Waals surface area contributed by atoms with Crippen LogP contribution in [-0.2, 0) is 17.7 Å². The molecule has 0 fully saturated rings. The molecule has 0 saturated carbocycles. The SMILES string of the molecule is COCCn1cncc1-c1nc2c([nH]1)C[C@@H](c1ccc(F)cc1)CNC2=O. The number of halogens is 1. The Morgan fingerprint density at radius 1 is 1.33 bits per heavy atom. The Morgan fingerprint density at radius 3 is 2.93 bits per heavy atom. The molecule has 0 spiro atoms. The summed E-state index contributed by atoms with van der Waals surface area (Å²) >= 11 is 0. The molecule has 1 amide bonds. The van der Waals surface area contributed by atoms with Crippen molar-refractivity contribution in [1.82, 2.24) is 24.8 Å². The van der Waals surface area contributed by atoms with Crippen molar-refractivity contribution in [2.45, 2.75) is 18.9 Å². The number of hydrogen-bond donors (Lipinski definition) is 2. The molecule has 7 nitrogen and oxygen atoms in total. The number of aromatic amines is 1. The van der Waals surface area contributed by atoms with Gasteiger partial charge in [-0.15, -0.1) is 0 Å². The summed E-state index contributed by atoms with van der Waals surface area (Å²) in [5.74, 6) is 0.163. The molecule has 1 aliphatic rings. The lowest BCUT2D eigenvalue weighted by Gasteiger charge is -2.14. The molecule has 27 heavy (non-hydrogen) atoms. The van der Waals surface area contributed by atoms with E-state index in [-0.39, 0.29) is 17.6 Å². The van der Waals surface area contributed by atoms with E-state index < -0.39 is 0 Å². The second kappa shape index (κ2) is 7.32. The van der Waals surface area contributed by atoms with Crippen molar-refractivity contribution in [3.63, 3.8) is 0 Å². The number of carbonyl (C=O) groups excluding carboxylic acids is 1. The van der Waals surface area contributed by atoms with Crippen molar-refractivity contribution in [2.24, 2.45) is 0 Å². The monoisotopic (exact) mass is 369 g/mol. The van der Waals surface area contributed by atoms with Crippen molar-refractivity contribution in [1.29, 1.82) is 0 Å². The Morgan fingerprint density at radius 2 is 2.15 bits per heavy atom. The van der Waals surface area contributed by atoms with Gasteiger partial charge < -0.3 is 19.6 Å². The number of methoxy groups -OCH3 is 1. The van der Waals surface area contributed by atoms with Gasteiger partial charge in [0, 0.05) is 31.8 Å². The Balaban J connectivity index is 1.65. The second-order valence-corrected chi connectivity index (χ2v) is 6.54. The molecule has 1 aromatic carbocycles. The number of nitrogens with one attached hydrogen (secondary N) is 2. The Kier molecular flexibility index (Phi) is 4.72. The molecule has 0 saturated heterocycles. The zero-order chi connectivity index (χ0) is 18.8. The van der Waals surface area contributed by atoms with Crippen LogP contribution in [0.3, 0.4) is 0 Å². The maximum Gasteiger partial charge on any atom is 0.271 e. The summed E-state index contributed by atoms with van der Waals surface area (Å²) in [6, 6.07) is 6.40. The Hall–Kier alpha value is -3.00. The lowest BCUT2D eigenvalue weighted by molar-refractivity contribution is 0.0950. The first-order valence-electron chi connectivity index (χ1n) is 8.77. The van der Waals surface area contributed by atoms with E-state index in [9.17, 15) is 9.18 Å². The van der Waals surface area contributed by atoms with Crippen LogP contribution in [0, 0.1) is 5.82 Å². The number of carbonyl (C=O) groups is 1. The van der Waals surface area contributed by atoms with Crippen molar-refractivity contribution < 1.29 is 13.9 Å². The predicted octanol–water partition coefficient (Wildman–Crippen LogP) is 2.13. The highest BCUT2D eigenvalue weighted by Gasteiger charge is 2.27. The first-order chi connectivity index (χ1) is 13.2. The van der Waals surface area contributed by atoms with Crippen LogP contribution >= 0.6 is 0 Å². The largest absolute Gasteiger partial charge is 0.383 e. The van der Waals surface area contributed by atoms with E-state index in [1.807, 2.05) is 4.57 Å². The molecule has 1 aliphatic heterocycles. The topological polar surface area (TPSA) is 84.8 Å². The zero-order valence-corrected chi connectivity index (χ0v) is 14.9. The summed E-state index contributed by atoms with van der Waals surface area (Å²) in [4.78, 5) is 24.5. The van der Waals surface area contributed by atoms with E-state index in [2.05, 4.69) is 20.3 Å². The average molecular weight is 369 g/mol. The number of hydrogen-bond acceptors (Lipinski definition) is 4. The number of rotatable bonds is 5. The van der Waals surface area contributed by atoms with Crippen LogP contribution in [0.25, 0.3) is 11.5 Å². The van der Waals surface area contributed by atoms with Crippen molar-refractivity contribution >= 4 is 5.91 Å². The molecule has 3 aromatic rings. The standard InChI is InChI=1S/C19H20FN5O2/c1-27-7-6-25-11-21-10-16(25)18-23-15-8-13(9-22-19(26)17(15)24-18)12-2-4-14(20)5-3-12/h2-5,10-11,13H,6-9H2,1H3,(H,22,26)(H,23,24)/t13-/m1/s1. The fourth-order valence-electron chi connectivity index (χ4n) is 3.34. The van der Waals surface area contributed by atoms with Gasteiger partial charge in [0.15, 0.2) is 5.82 Å². The van der Waals surface area contributed by atoms with Gasteiger partial charge in [-0.25, -0.2) is 14.4 Å². The summed E-state index contributed by atoms with van der Waals surface area (Å²) in [7, 11) is 1.64. The number of benzene rings is 1. The van der Waals surface area contributed by atoms with Crippen molar-refractivity contribution in [2.75, 3.05) is 20.3 Å². The summed E-state index contributed by atoms with van der Waals surface area (Å²) in [6.45, 7) is 1.67. The molecule has 8 heteroatoms. The molecule has 0 bridgehead atoms. The van der Waals surface area contributed by atoms with E-state index in [1.165, 1.54) is 12.1 Å². The second-order valence-electron chi connectivity index (χ2n) is 6.54. The van der Waals surface area contributed by atoms with Crippen LogP contribution in [0.4, 0.5) is 4.39 Å². The molecule has 0 aliphatic carbocycles. The maximum atomic E-state index is 13.2. The smallest absolute Gasteiger partial charge is 0.271 e. The lowest BCUT2D eigenvalue weighted by Crippen LogP contribution is -2.26. The van der Waals surface area contributed by atoms with Crippen LogP contribution in [-0.4, -0.2) is 45.7 Å². The third-order valence-electron chi connectivity index (χ3n) is 4.79. The van der Waals surface area contributed by atoms with Crippen LogP contribution in [0.5, 0.6) is 0 Å². The number of H-pyrrole nitrogens is 1. The van der Waals surface area contributed by atoms with Crippen LogP contribution in [0.2, 0.25) is 0 Å². The van der Waals surface area contributed by atoms with E-state index in [1.54, 1.807) is 31.8 Å². The fraction of sp³-hybridized carbons (Fsp3) is 0.316. The predicted molar refractivity (Wildman–Crippen MR) is 96.9 cm³/mol. The van der Waals surface area contributed by atoms with E-state index in [0.29, 0.717) is 37.6 Å². The molecular weight excluding hydrogens is 349 g/mol. The Bertz CT molecular complexity index is 947. The first kappa shape index (κ1) is 17.4. The highest BCUT2D eigenvalue weighted by Crippen LogP contribution is 2.27. The summed E-state index contributed by atoms with van der Waals surface area (Å²) in [5, 5.41) is 2.91. The highest BCUT2D eigenvalue weighted by atomic mass is 19.1. The fourth-order valence-corrected chi connectivity index (χ4v) is 3.34. The van der Waals surface area contributed by atoms with E-state index in [4.69, 9.17) is 4.74 Å². The van der Waals surface area contributed by atoms with E-state index in [0.717, 1.165) is 17.0 Å². The average Bonchev–Trinajstić information content (AvgIpc) is 3.27. The minimum atomic E-state index is -0.273. The third-order valence-corrected chi connectivity index (χ3v) is 4.79. The maximum absolute atomic E-state index is 13.2. The normalized spacial score (nSPS) is 16.7. The van der Waals surface area contributed by atoms with E-state index >= 15 is 0 Å². The van der Waals surface area contributed by atoms with Gasteiger partial charge in [0.1, 0.15) is 17.2 Å². The summed E-state index contributed by atoms with van der Waals surface area (Å²) < 4.78 is 20.3. The molecule has 140 valence electrons. The number of fused-ring (bicyclic) bond motifs is 1. The van der Waals surface area contributed by atoms with Gasteiger partial charge in [0.25, 0.3) is 5.91 Å². The van der Waals surface area contributed by atoms with Gasteiger partial charge in [-0.05, 0) is 24.1 Å². The molecule has 1 atom stereocenters. The molecule has 2 aromatic heterocycles. The van der Waals surface area contributed by atoms with Gasteiger partial charge in [-0.3, -0.25) is 4.79 Å². The third kappa shape index (κ3) is 3.48. The number of amides is 1. The summed E-state index contributed by atoms with van der Waals surface area (Å²) in [6.07, 6.45) is 4.03. The molecule has 2 N–H and O–H groups in total. The molecule has 3 heterocycles. The summed E-state index contributed by atoms with van der Waals surface area (Å²) in [5.41, 5.74) is 2.94. The number of imidazole rings is 2. The van der Waals surface area contributed by atoms with Gasteiger partial charge in [0.2, 0.25) is 0 Å². The van der Waals surface area contributed by atoms with Gasteiger partial charge in [0.05, 0.1) is 19.1 Å². The van der Waals surface area contributed by atoms with Gasteiger partial charge in [-0.1, -0.05) is 12.1 Å². The molecular formula is C19H20FN5O2. The number of aromatic nitrogens is 4. The Labute approximate surface area is 155 Å². The van der Waals surface area contributed by atoms with Crippen LogP contribution in [0.15, 0.2) is 36.8 Å². The minimum absolute atomic E-state index is 0.0440. The quantitative estimate of drug-likeness (QED) is 0.722. The molecule has 0 unspecified atom stereocenters. The number of nitrogens with zero attached hydrogens (tertiary/aromatic N) is 3. The van der Waals surface area contributed by atoms with Crippen molar-refractivity contribution in [3.05, 3.63) is 59.6 Å².